The maximum atomic E-state index is 13.1. The number of aromatic amines is 1. The summed E-state index contributed by atoms with van der Waals surface area (Å²) in [5, 5.41) is 7.90. The van der Waals surface area contributed by atoms with Crippen molar-refractivity contribution in [1.82, 2.24) is 29.3 Å². The zero-order valence-electron chi connectivity index (χ0n) is 15.1. The average Bonchev–Trinajstić information content (AvgIpc) is 3.14. The number of rotatable bonds is 2. The monoisotopic (exact) mass is 404 g/mol. The van der Waals surface area contributed by atoms with Gasteiger partial charge in [-0.25, -0.2) is 9.55 Å². The average molecular weight is 405 g/mol. The van der Waals surface area contributed by atoms with Crippen LogP contribution in [-0.4, -0.2) is 29.3 Å². The van der Waals surface area contributed by atoms with Crippen molar-refractivity contribution in [2.24, 2.45) is 0 Å². The van der Waals surface area contributed by atoms with Crippen molar-refractivity contribution < 1.29 is 0 Å². The molecule has 1 N–H and O–H groups in total. The molecule has 5 aromatic rings. The van der Waals surface area contributed by atoms with E-state index in [9.17, 15) is 9.59 Å². The molecule has 0 aliphatic rings. The van der Waals surface area contributed by atoms with Crippen LogP contribution in [0.15, 0.2) is 64.4 Å². The summed E-state index contributed by atoms with van der Waals surface area (Å²) in [7, 11) is 0. The fourth-order valence-corrected chi connectivity index (χ4v) is 3.43. The van der Waals surface area contributed by atoms with Crippen molar-refractivity contribution in [2.45, 2.75) is 6.92 Å². The molecule has 142 valence electrons. The standard InChI is InChI=1S/C20H13ClN6O2/c1-11-22-20(25-24-11)27-8-6-17-15(19(27)29)10-14-16(23-17)5-7-26(18(14)28)13-4-2-3-12(21)9-13/h2-10H,1H3,(H,22,24,25). The van der Waals surface area contributed by atoms with E-state index in [0.717, 1.165) is 0 Å². The Kier molecular flexibility index (Phi) is 3.82. The lowest BCUT2D eigenvalue weighted by atomic mass is 10.2. The van der Waals surface area contributed by atoms with E-state index in [0.29, 0.717) is 38.3 Å². The Bertz CT molecular complexity index is 1530. The first kappa shape index (κ1) is 17.3. The molecule has 5 rings (SSSR count). The van der Waals surface area contributed by atoms with Gasteiger partial charge in [0.2, 0.25) is 0 Å². The molecule has 0 radical (unpaired) electrons. The summed E-state index contributed by atoms with van der Waals surface area (Å²) >= 11 is 6.06. The van der Waals surface area contributed by atoms with Crippen LogP contribution in [0.5, 0.6) is 0 Å². The Morgan fingerprint density at radius 1 is 0.897 bits per heavy atom. The molecule has 0 spiro atoms. The predicted octanol–water partition coefficient (Wildman–Crippen LogP) is 2.77. The molecule has 0 amide bonds. The molecule has 0 atom stereocenters. The summed E-state index contributed by atoms with van der Waals surface area (Å²) < 4.78 is 2.79. The molecular weight excluding hydrogens is 392 g/mol. The predicted molar refractivity (Wildman–Crippen MR) is 110 cm³/mol. The van der Waals surface area contributed by atoms with Gasteiger partial charge < -0.3 is 0 Å². The summed E-state index contributed by atoms with van der Waals surface area (Å²) in [4.78, 5) is 34.8. The van der Waals surface area contributed by atoms with E-state index < -0.39 is 0 Å². The molecule has 0 bridgehead atoms. The Balaban J connectivity index is 1.78. The van der Waals surface area contributed by atoms with Gasteiger partial charge in [0.25, 0.3) is 17.1 Å². The van der Waals surface area contributed by atoms with Crippen molar-refractivity contribution in [3.05, 3.63) is 86.4 Å². The second-order valence-electron chi connectivity index (χ2n) is 6.54. The van der Waals surface area contributed by atoms with Gasteiger partial charge in [-0.05, 0) is 43.3 Å². The third-order valence-electron chi connectivity index (χ3n) is 4.63. The Hall–Kier alpha value is -3.78. The van der Waals surface area contributed by atoms with Gasteiger partial charge >= 0.3 is 0 Å². The summed E-state index contributed by atoms with van der Waals surface area (Å²) in [6.45, 7) is 1.75. The maximum absolute atomic E-state index is 13.1. The van der Waals surface area contributed by atoms with Crippen molar-refractivity contribution in [3.8, 4) is 11.6 Å². The summed E-state index contributed by atoms with van der Waals surface area (Å²) in [5.41, 5.74) is 0.986. The fraction of sp³-hybridized carbons (Fsp3) is 0.0500. The number of fused-ring (bicyclic) bond motifs is 2. The van der Waals surface area contributed by atoms with Gasteiger partial charge in [-0.2, -0.15) is 4.98 Å². The van der Waals surface area contributed by atoms with E-state index >= 15 is 0 Å². The van der Waals surface area contributed by atoms with Crippen molar-refractivity contribution >= 4 is 33.4 Å². The van der Waals surface area contributed by atoms with Gasteiger partial charge in [-0.1, -0.05) is 17.7 Å². The van der Waals surface area contributed by atoms with Crippen molar-refractivity contribution in [1.29, 1.82) is 0 Å². The number of H-pyrrole nitrogens is 1. The summed E-state index contributed by atoms with van der Waals surface area (Å²) in [5.74, 6) is 0.826. The smallest absolute Gasteiger partial charge is 0.267 e. The number of nitrogens with zero attached hydrogens (tertiary/aromatic N) is 5. The number of benzene rings is 1. The highest BCUT2D eigenvalue weighted by Gasteiger charge is 2.13. The second-order valence-corrected chi connectivity index (χ2v) is 6.97. The van der Waals surface area contributed by atoms with Gasteiger partial charge in [0, 0.05) is 17.4 Å². The first-order valence-corrected chi connectivity index (χ1v) is 9.12. The van der Waals surface area contributed by atoms with E-state index in [-0.39, 0.29) is 17.1 Å². The van der Waals surface area contributed by atoms with E-state index in [1.165, 1.54) is 9.13 Å². The van der Waals surface area contributed by atoms with E-state index in [1.54, 1.807) is 61.8 Å². The molecular formula is C20H13ClN6O2. The van der Waals surface area contributed by atoms with Gasteiger partial charge in [-0.3, -0.25) is 19.3 Å². The number of pyridine rings is 3. The van der Waals surface area contributed by atoms with Crippen LogP contribution in [0.2, 0.25) is 5.02 Å². The molecule has 9 heteroatoms. The first-order chi connectivity index (χ1) is 14.0. The zero-order valence-corrected chi connectivity index (χ0v) is 15.9. The highest BCUT2D eigenvalue weighted by Crippen LogP contribution is 2.18. The molecule has 0 aliphatic carbocycles. The molecule has 4 heterocycles. The summed E-state index contributed by atoms with van der Waals surface area (Å²) in [6, 6.07) is 12.0. The lowest BCUT2D eigenvalue weighted by molar-refractivity contribution is 0.901. The SMILES string of the molecule is Cc1nc(-n2ccc3nc4ccn(-c5cccc(Cl)c5)c(=O)c4cc3c2=O)n[nH]1. The van der Waals surface area contributed by atoms with Crippen LogP contribution in [0.25, 0.3) is 33.4 Å². The van der Waals surface area contributed by atoms with Crippen LogP contribution in [0.1, 0.15) is 5.82 Å². The molecule has 0 fully saturated rings. The molecule has 0 unspecified atom stereocenters. The number of aromatic nitrogens is 6. The lowest BCUT2D eigenvalue weighted by Crippen LogP contribution is -2.21. The highest BCUT2D eigenvalue weighted by molar-refractivity contribution is 6.30. The van der Waals surface area contributed by atoms with Crippen LogP contribution in [0.4, 0.5) is 0 Å². The molecule has 1 aromatic carbocycles. The zero-order chi connectivity index (χ0) is 20.1. The normalized spacial score (nSPS) is 11.4. The van der Waals surface area contributed by atoms with Crippen LogP contribution in [0.3, 0.4) is 0 Å². The van der Waals surface area contributed by atoms with E-state index in [2.05, 4.69) is 20.2 Å². The highest BCUT2D eigenvalue weighted by atomic mass is 35.5. The lowest BCUT2D eigenvalue weighted by Gasteiger charge is -2.09. The van der Waals surface area contributed by atoms with Crippen molar-refractivity contribution in [2.75, 3.05) is 0 Å². The molecule has 0 saturated carbocycles. The number of hydrogen-bond acceptors (Lipinski definition) is 5. The van der Waals surface area contributed by atoms with Gasteiger partial charge in [0.1, 0.15) is 5.82 Å². The fourth-order valence-electron chi connectivity index (χ4n) is 3.25. The summed E-state index contributed by atoms with van der Waals surface area (Å²) in [6.07, 6.45) is 3.21. The Morgan fingerprint density at radius 3 is 2.24 bits per heavy atom. The van der Waals surface area contributed by atoms with Gasteiger partial charge in [0.15, 0.2) is 0 Å². The van der Waals surface area contributed by atoms with E-state index in [1.807, 2.05) is 0 Å². The number of hydrogen-bond donors (Lipinski definition) is 1. The maximum Gasteiger partial charge on any atom is 0.267 e. The molecule has 29 heavy (non-hydrogen) atoms. The minimum atomic E-state index is -0.353. The molecule has 4 aromatic heterocycles. The van der Waals surface area contributed by atoms with Crippen LogP contribution in [-0.2, 0) is 0 Å². The molecule has 0 aliphatic heterocycles. The topological polar surface area (TPSA) is 98.5 Å². The van der Waals surface area contributed by atoms with Crippen LogP contribution < -0.4 is 11.1 Å². The van der Waals surface area contributed by atoms with Gasteiger partial charge in [-0.15, -0.1) is 5.10 Å². The quantitative estimate of drug-likeness (QED) is 0.456. The van der Waals surface area contributed by atoms with E-state index in [4.69, 9.17) is 11.6 Å². The van der Waals surface area contributed by atoms with Crippen LogP contribution >= 0.6 is 11.6 Å². The minimum absolute atomic E-state index is 0.235. The van der Waals surface area contributed by atoms with Gasteiger partial charge in [0.05, 0.1) is 27.5 Å². The largest absolute Gasteiger partial charge is 0.284 e. The number of nitrogens with one attached hydrogen (secondary N) is 1. The Morgan fingerprint density at radius 2 is 1.59 bits per heavy atom. The molecule has 0 saturated heterocycles. The third-order valence-corrected chi connectivity index (χ3v) is 4.87. The first-order valence-electron chi connectivity index (χ1n) is 8.74. The second kappa shape index (κ2) is 6.39. The minimum Gasteiger partial charge on any atom is -0.284 e. The number of aryl methyl sites for hydroxylation is 1. The van der Waals surface area contributed by atoms with Crippen molar-refractivity contribution in [3.63, 3.8) is 0 Å². The third kappa shape index (κ3) is 2.81. The van der Waals surface area contributed by atoms with Crippen LogP contribution in [0, 0.1) is 6.92 Å². The Labute approximate surface area is 168 Å². The molecule has 8 nitrogen and oxygen atoms in total. The number of halogens is 1.